The van der Waals surface area contributed by atoms with Crippen molar-refractivity contribution in [2.75, 3.05) is 13.2 Å². The Morgan fingerprint density at radius 3 is 2.23 bits per heavy atom. The van der Waals surface area contributed by atoms with Crippen molar-refractivity contribution >= 4 is 11.5 Å². The van der Waals surface area contributed by atoms with E-state index in [0.29, 0.717) is 19.6 Å². The molecule has 184 valence electrons. The lowest BCUT2D eigenvalue weighted by Crippen LogP contribution is -2.26. The first-order valence-corrected chi connectivity index (χ1v) is 12.5. The van der Waals surface area contributed by atoms with Crippen molar-refractivity contribution < 1.29 is 19.4 Å². The number of rotatable bonds is 14. The van der Waals surface area contributed by atoms with Crippen molar-refractivity contribution in [3.63, 3.8) is 0 Å². The van der Waals surface area contributed by atoms with Crippen LogP contribution < -0.4 is 4.74 Å². The third-order valence-electron chi connectivity index (χ3n) is 6.02. The van der Waals surface area contributed by atoms with Crippen molar-refractivity contribution in [3.05, 3.63) is 96.1 Å². The molecule has 0 aliphatic carbocycles. The van der Waals surface area contributed by atoms with Gasteiger partial charge in [0, 0.05) is 13.0 Å². The van der Waals surface area contributed by atoms with Gasteiger partial charge in [-0.25, -0.2) is 4.79 Å². The van der Waals surface area contributed by atoms with Gasteiger partial charge in [-0.2, -0.15) is 0 Å². The minimum absolute atomic E-state index is 0.349. The highest BCUT2D eigenvalue weighted by atomic mass is 16.5. The monoisotopic (exact) mass is 472 g/mol. The molecule has 4 heteroatoms. The van der Waals surface area contributed by atoms with Gasteiger partial charge in [-0.05, 0) is 59.4 Å². The van der Waals surface area contributed by atoms with E-state index < -0.39 is 12.1 Å². The Balaban J connectivity index is 1.48. The fourth-order valence-corrected chi connectivity index (χ4v) is 3.84. The number of carbonyl (C=O) groups is 1. The molecule has 3 rings (SSSR count). The highest BCUT2D eigenvalue weighted by molar-refractivity contribution is 5.72. The number of carboxylic acid groups (broad SMARTS) is 1. The average molecular weight is 473 g/mol. The van der Waals surface area contributed by atoms with Crippen LogP contribution in [-0.2, 0) is 16.0 Å². The van der Waals surface area contributed by atoms with Crippen molar-refractivity contribution in [2.24, 2.45) is 0 Å². The molecule has 0 heterocycles. The molecule has 0 fully saturated rings. The molecule has 0 saturated carbocycles. The maximum Gasteiger partial charge on any atom is 0.333 e. The predicted octanol–water partition coefficient (Wildman–Crippen LogP) is 7.43. The number of ether oxygens (including phenoxy) is 2. The average Bonchev–Trinajstić information content (AvgIpc) is 2.89. The summed E-state index contributed by atoms with van der Waals surface area (Å²) in [6.07, 6.45) is 5.86. The van der Waals surface area contributed by atoms with E-state index in [9.17, 15) is 9.90 Å². The van der Waals surface area contributed by atoms with E-state index in [1.807, 2.05) is 42.5 Å². The van der Waals surface area contributed by atoms with Crippen molar-refractivity contribution in [1.82, 2.24) is 0 Å². The first kappa shape index (κ1) is 26.2. The van der Waals surface area contributed by atoms with Crippen molar-refractivity contribution in [3.8, 4) is 16.9 Å². The number of benzene rings is 3. The molecule has 35 heavy (non-hydrogen) atoms. The summed E-state index contributed by atoms with van der Waals surface area (Å²) in [5, 5.41) is 9.47. The molecule has 0 amide bonds. The second kappa shape index (κ2) is 14.1. The summed E-state index contributed by atoms with van der Waals surface area (Å²) in [6.45, 7) is 5.18. The zero-order valence-electron chi connectivity index (χ0n) is 20.8. The molecule has 0 bridgehead atoms. The van der Waals surface area contributed by atoms with Gasteiger partial charge in [0.1, 0.15) is 12.4 Å². The Morgan fingerprint density at radius 2 is 1.57 bits per heavy atom. The second-order valence-corrected chi connectivity index (χ2v) is 8.75. The highest BCUT2D eigenvalue weighted by Gasteiger charge is 2.18. The number of hydrogen-bond acceptors (Lipinski definition) is 3. The lowest BCUT2D eigenvalue weighted by Gasteiger charge is -2.14. The van der Waals surface area contributed by atoms with E-state index >= 15 is 0 Å². The largest absolute Gasteiger partial charge is 0.490 e. The summed E-state index contributed by atoms with van der Waals surface area (Å²) in [6, 6.07) is 26.5. The van der Waals surface area contributed by atoms with E-state index in [1.54, 1.807) is 0 Å². The molecular weight excluding hydrogens is 436 g/mol. The molecule has 1 unspecified atom stereocenters. The van der Waals surface area contributed by atoms with Gasteiger partial charge >= 0.3 is 5.97 Å². The zero-order valence-corrected chi connectivity index (χ0v) is 20.8. The fourth-order valence-electron chi connectivity index (χ4n) is 3.84. The van der Waals surface area contributed by atoms with Crippen LogP contribution in [-0.4, -0.2) is 30.4 Å². The Morgan fingerprint density at radius 1 is 0.886 bits per heavy atom. The van der Waals surface area contributed by atoms with E-state index in [2.05, 4.69) is 56.3 Å². The van der Waals surface area contributed by atoms with Gasteiger partial charge in [-0.1, -0.05) is 92.9 Å². The standard InChI is InChI=1S/C31H36O4/c1-3-4-5-9-21-35-30(31(32)33)23-25-12-18-29(19-13-25)34-22-20-24(2)26-14-16-28(17-15-26)27-10-7-6-8-11-27/h6-8,10-20,30H,3-5,9,21-23H2,1-2H3,(H,32,33)/b24-20-. The SMILES string of the molecule is CCCCCCOC(Cc1ccc(OC/C=C(/C)c2ccc(-c3ccccc3)cc2)cc1)C(=O)O. The van der Waals surface area contributed by atoms with Gasteiger partial charge in [-0.3, -0.25) is 0 Å². The number of aliphatic carboxylic acids is 1. The third kappa shape index (κ3) is 8.73. The topological polar surface area (TPSA) is 55.8 Å². The second-order valence-electron chi connectivity index (χ2n) is 8.75. The molecule has 0 radical (unpaired) electrons. The quantitative estimate of drug-likeness (QED) is 0.248. The van der Waals surface area contributed by atoms with Crippen LogP contribution in [0.2, 0.25) is 0 Å². The number of allylic oxidation sites excluding steroid dienone is 1. The van der Waals surface area contributed by atoms with Crippen LogP contribution in [0.4, 0.5) is 0 Å². The summed E-state index contributed by atoms with van der Waals surface area (Å²) in [5.74, 6) is -0.164. The molecule has 1 atom stereocenters. The van der Waals surface area contributed by atoms with Gasteiger partial charge in [-0.15, -0.1) is 0 Å². The normalized spacial score (nSPS) is 12.3. The zero-order chi connectivity index (χ0) is 24.9. The van der Waals surface area contributed by atoms with Crippen LogP contribution in [0.25, 0.3) is 16.7 Å². The summed E-state index contributed by atoms with van der Waals surface area (Å²) in [4.78, 5) is 11.5. The smallest absolute Gasteiger partial charge is 0.333 e. The number of unbranched alkanes of at least 4 members (excludes halogenated alkanes) is 3. The van der Waals surface area contributed by atoms with Crippen LogP contribution in [0, 0.1) is 0 Å². The molecule has 0 aliphatic heterocycles. The molecule has 3 aromatic rings. The Hall–Kier alpha value is -3.37. The van der Waals surface area contributed by atoms with Gasteiger partial charge < -0.3 is 14.6 Å². The Bertz CT molecular complexity index is 1050. The molecule has 0 aromatic heterocycles. The summed E-state index contributed by atoms with van der Waals surface area (Å²) >= 11 is 0. The maximum atomic E-state index is 11.5. The third-order valence-corrected chi connectivity index (χ3v) is 6.02. The fraction of sp³-hybridized carbons (Fsp3) is 0.323. The van der Waals surface area contributed by atoms with Gasteiger partial charge in [0.05, 0.1) is 0 Å². The van der Waals surface area contributed by atoms with Crippen LogP contribution in [0.1, 0.15) is 50.7 Å². The van der Waals surface area contributed by atoms with E-state index in [-0.39, 0.29) is 0 Å². The first-order chi connectivity index (χ1) is 17.1. The highest BCUT2D eigenvalue weighted by Crippen LogP contribution is 2.22. The predicted molar refractivity (Wildman–Crippen MR) is 143 cm³/mol. The molecule has 0 aliphatic rings. The molecule has 0 spiro atoms. The molecule has 3 aromatic carbocycles. The summed E-state index contributed by atoms with van der Waals surface area (Å²) in [5.41, 5.74) is 5.65. The van der Waals surface area contributed by atoms with Crippen molar-refractivity contribution in [1.29, 1.82) is 0 Å². The molecule has 0 saturated heterocycles. The van der Waals surface area contributed by atoms with Crippen molar-refractivity contribution in [2.45, 2.75) is 52.1 Å². The van der Waals surface area contributed by atoms with Crippen LogP contribution >= 0.6 is 0 Å². The van der Waals surface area contributed by atoms with E-state index in [0.717, 1.165) is 48.1 Å². The van der Waals surface area contributed by atoms with Crippen LogP contribution in [0.3, 0.4) is 0 Å². The van der Waals surface area contributed by atoms with E-state index in [4.69, 9.17) is 9.47 Å². The molecule has 4 nitrogen and oxygen atoms in total. The first-order valence-electron chi connectivity index (χ1n) is 12.5. The lowest BCUT2D eigenvalue weighted by atomic mass is 10.0. The number of carboxylic acids is 1. The minimum atomic E-state index is -0.918. The number of hydrogen-bond donors (Lipinski definition) is 1. The Labute approximate surface area is 209 Å². The van der Waals surface area contributed by atoms with Gasteiger partial charge in [0.25, 0.3) is 0 Å². The van der Waals surface area contributed by atoms with E-state index in [1.165, 1.54) is 11.1 Å². The van der Waals surface area contributed by atoms with Gasteiger partial charge in [0.2, 0.25) is 0 Å². The molecular formula is C31H36O4. The maximum absolute atomic E-state index is 11.5. The Kier molecular flexibility index (Phi) is 10.6. The van der Waals surface area contributed by atoms with Crippen LogP contribution in [0.5, 0.6) is 5.75 Å². The summed E-state index contributed by atoms with van der Waals surface area (Å²) < 4.78 is 11.5. The minimum Gasteiger partial charge on any atom is -0.490 e. The van der Waals surface area contributed by atoms with Crippen LogP contribution in [0.15, 0.2) is 84.9 Å². The lowest BCUT2D eigenvalue weighted by molar-refractivity contribution is -0.150. The molecule has 1 N–H and O–H groups in total. The van der Waals surface area contributed by atoms with Gasteiger partial charge in [0.15, 0.2) is 6.10 Å². The summed E-state index contributed by atoms with van der Waals surface area (Å²) in [7, 11) is 0.